The summed E-state index contributed by atoms with van der Waals surface area (Å²) in [5.41, 5.74) is 4.84. The maximum absolute atomic E-state index is 5.91. The third-order valence-electron chi connectivity index (χ3n) is 5.39. The highest BCUT2D eigenvalue weighted by atomic mass is 16.5. The fraction of sp³-hybridized carbons (Fsp3) is 0.360. The number of unbranched alkanes of at least 4 members (excludes halogenated alkanes) is 2. The molecule has 0 aliphatic heterocycles. The lowest BCUT2D eigenvalue weighted by molar-refractivity contribution is 0.309. The summed E-state index contributed by atoms with van der Waals surface area (Å²) in [5.74, 6) is 1.88. The van der Waals surface area contributed by atoms with Crippen molar-refractivity contribution in [2.45, 2.75) is 46.0 Å². The molecule has 0 fully saturated rings. The molecule has 4 nitrogen and oxygen atoms in total. The molecule has 0 saturated heterocycles. The summed E-state index contributed by atoms with van der Waals surface area (Å²) in [6.07, 6.45) is 9.52. The number of aromatic nitrogens is 2. The van der Waals surface area contributed by atoms with Crippen LogP contribution in [-0.2, 0) is 6.42 Å². The fourth-order valence-corrected chi connectivity index (χ4v) is 3.66. The number of H-pyrrole nitrogens is 2. The Morgan fingerprint density at radius 3 is 1.62 bits per heavy atom. The van der Waals surface area contributed by atoms with E-state index in [-0.39, 0.29) is 0 Å². The molecule has 4 aromatic rings. The first kappa shape index (κ1) is 19.4. The van der Waals surface area contributed by atoms with Crippen LogP contribution in [0.2, 0.25) is 0 Å². The standard InChI is InChI=1S/C25H30N2O2/c1-3-5-11-28-20-7-9-24-22(14-20)18(16-26-24)13-19-17-27-25-10-8-21(15-23(19)25)29-12-6-4-2/h7-10,14-17,26-27H,3-6,11-13H2,1-2H3. The third kappa shape index (κ3) is 4.42. The van der Waals surface area contributed by atoms with Crippen molar-refractivity contribution in [2.24, 2.45) is 0 Å². The number of fused-ring (bicyclic) bond motifs is 2. The van der Waals surface area contributed by atoms with Crippen molar-refractivity contribution in [2.75, 3.05) is 13.2 Å². The van der Waals surface area contributed by atoms with Crippen molar-refractivity contribution in [1.82, 2.24) is 9.97 Å². The Kier molecular flexibility index (Phi) is 6.09. The van der Waals surface area contributed by atoms with Crippen LogP contribution in [0, 0.1) is 0 Å². The van der Waals surface area contributed by atoms with Gasteiger partial charge in [-0.15, -0.1) is 0 Å². The molecule has 2 aromatic heterocycles. The lowest BCUT2D eigenvalue weighted by atomic mass is 10.0. The number of nitrogens with one attached hydrogen (secondary N) is 2. The second kappa shape index (κ2) is 9.08. The number of ether oxygens (including phenoxy) is 2. The van der Waals surface area contributed by atoms with E-state index in [1.54, 1.807) is 0 Å². The van der Waals surface area contributed by atoms with Gasteiger partial charge in [0.15, 0.2) is 0 Å². The smallest absolute Gasteiger partial charge is 0.120 e. The monoisotopic (exact) mass is 390 g/mol. The van der Waals surface area contributed by atoms with Crippen LogP contribution >= 0.6 is 0 Å². The molecule has 0 aliphatic rings. The molecule has 0 saturated carbocycles. The zero-order chi connectivity index (χ0) is 20.1. The van der Waals surface area contributed by atoms with Crippen molar-refractivity contribution in [1.29, 1.82) is 0 Å². The van der Waals surface area contributed by atoms with Gasteiger partial charge in [-0.1, -0.05) is 26.7 Å². The van der Waals surface area contributed by atoms with Gasteiger partial charge >= 0.3 is 0 Å². The van der Waals surface area contributed by atoms with Crippen LogP contribution in [0.3, 0.4) is 0 Å². The van der Waals surface area contributed by atoms with E-state index in [4.69, 9.17) is 9.47 Å². The Hall–Kier alpha value is -2.88. The average molecular weight is 391 g/mol. The van der Waals surface area contributed by atoms with Crippen LogP contribution in [0.1, 0.15) is 50.7 Å². The SMILES string of the molecule is CCCCOc1ccc2[nH]cc(Cc3c[nH]c4ccc(OCCCC)cc34)c2c1. The van der Waals surface area contributed by atoms with E-state index in [1.165, 1.54) is 21.9 Å². The molecular weight excluding hydrogens is 360 g/mol. The summed E-state index contributed by atoms with van der Waals surface area (Å²) in [5, 5.41) is 2.45. The number of benzene rings is 2. The molecule has 29 heavy (non-hydrogen) atoms. The average Bonchev–Trinajstić information content (AvgIpc) is 3.33. The second-order valence-corrected chi connectivity index (χ2v) is 7.62. The first-order valence-electron chi connectivity index (χ1n) is 10.7. The maximum atomic E-state index is 5.91. The highest BCUT2D eigenvalue weighted by Crippen LogP contribution is 2.29. The van der Waals surface area contributed by atoms with E-state index in [2.05, 4.69) is 60.5 Å². The van der Waals surface area contributed by atoms with Gasteiger partial charge in [0.1, 0.15) is 11.5 Å². The summed E-state index contributed by atoms with van der Waals surface area (Å²) < 4.78 is 11.8. The normalized spacial score (nSPS) is 11.4. The number of hydrogen-bond acceptors (Lipinski definition) is 2. The number of hydrogen-bond donors (Lipinski definition) is 2. The van der Waals surface area contributed by atoms with Gasteiger partial charge < -0.3 is 19.4 Å². The molecule has 2 heterocycles. The Bertz CT molecular complexity index is 991. The van der Waals surface area contributed by atoms with Gasteiger partial charge in [-0.2, -0.15) is 0 Å². The molecule has 0 unspecified atom stereocenters. The highest BCUT2D eigenvalue weighted by Gasteiger charge is 2.11. The van der Waals surface area contributed by atoms with Gasteiger partial charge in [-0.25, -0.2) is 0 Å². The van der Waals surface area contributed by atoms with E-state index in [9.17, 15) is 0 Å². The van der Waals surface area contributed by atoms with Crippen molar-refractivity contribution < 1.29 is 9.47 Å². The molecular formula is C25H30N2O2. The van der Waals surface area contributed by atoms with E-state index in [1.807, 2.05) is 12.1 Å². The fourth-order valence-electron chi connectivity index (χ4n) is 3.66. The number of aromatic amines is 2. The molecule has 4 heteroatoms. The predicted molar refractivity (Wildman–Crippen MR) is 120 cm³/mol. The quantitative estimate of drug-likeness (QED) is 0.300. The number of rotatable bonds is 10. The Labute approximate surface area is 172 Å². The van der Waals surface area contributed by atoms with Crippen LogP contribution in [-0.4, -0.2) is 23.2 Å². The third-order valence-corrected chi connectivity index (χ3v) is 5.39. The van der Waals surface area contributed by atoms with Crippen LogP contribution < -0.4 is 9.47 Å². The molecule has 0 radical (unpaired) electrons. The zero-order valence-electron chi connectivity index (χ0n) is 17.4. The lowest BCUT2D eigenvalue weighted by Crippen LogP contribution is -1.96. The molecule has 4 rings (SSSR count). The molecule has 0 aliphatic carbocycles. The van der Waals surface area contributed by atoms with Gasteiger partial charge in [0.05, 0.1) is 13.2 Å². The molecule has 2 N–H and O–H groups in total. The first-order chi connectivity index (χ1) is 14.3. The maximum Gasteiger partial charge on any atom is 0.120 e. The van der Waals surface area contributed by atoms with Gasteiger partial charge in [0, 0.05) is 40.6 Å². The minimum atomic E-state index is 0.769. The van der Waals surface area contributed by atoms with Gasteiger partial charge in [-0.05, 0) is 60.4 Å². The van der Waals surface area contributed by atoms with E-state index in [0.29, 0.717) is 0 Å². The van der Waals surface area contributed by atoms with Crippen LogP contribution in [0.25, 0.3) is 21.8 Å². The van der Waals surface area contributed by atoms with Gasteiger partial charge in [0.2, 0.25) is 0 Å². The van der Waals surface area contributed by atoms with Gasteiger partial charge in [-0.3, -0.25) is 0 Å². The van der Waals surface area contributed by atoms with Crippen LogP contribution in [0.15, 0.2) is 48.8 Å². The van der Waals surface area contributed by atoms with E-state index >= 15 is 0 Å². The van der Waals surface area contributed by atoms with E-state index in [0.717, 1.165) is 67.9 Å². The molecule has 0 amide bonds. The Morgan fingerprint density at radius 1 is 0.690 bits per heavy atom. The van der Waals surface area contributed by atoms with Gasteiger partial charge in [0.25, 0.3) is 0 Å². The summed E-state index contributed by atoms with van der Waals surface area (Å²) >= 11 is 0. The Balaban J connectivity index is 1.58. The first-order valence-corrected chi connectivity index (χ1v) is 10.7. The molecule has 0 spiro atoms. The molecule has 0 atom stereocenters. The molecule has 0 bridgehead atoms. The van der Waals surface area contributed by atoms with Crippen molar-refractivity contribution in [3.8, 4) is 11.5 Å². The summed E-state index contributed by atoms with van der Waals surface area (Å²) in [6, 6.07) is 12.6. The molecule has 152 valence electrons. The predicted octanol–water partition coefficient (Wildman–Crippen LogP) is 6.60. The minimum Gasteiger partial charge on any atom is -0.494 e. The zero-order valence-corrected chi connectivity index (χ0v) is 17.4. The summed E-state index contributed by atoms with van der Waals surface area (Å²) in [6.45, 7) is 5.90. The topological polar surface area (TPSA) is 50.0 Å². The molecule has 2 aromatic carbocycles. The van der Waals surface area contributed by atoms with E-state index < -0.39 is 0 Å². The van der Waals surface area contributed by atoms with Crippen LogP contribution in [0.4, 0.5) is 0 Å². The summed E-state index contributed by atoms with van der Waals surface area (Å²) in [7, 11) is 0. The highest BCUT2D eigenvalue weighted by molar-refractivity contribution is 5.88. The second-order valence-electron chi connectivity index (χ2n) is 7.62. The van der Waals surface area contributed by atoms with Crippen molar-refractivity contribution in [3.05, 3.63) is 59.9 Å². The largest absolute Gasteiger partial charge is 0.494 e. The Morgan fingerprint density at radius 2 is 1.17 bits per heavy atom. The van der Waals surface area contributed by atoms with Crippen molar-refractivity contribution >= 4 is 21.8 Å². The van der Waals surface area contributed by atoms with Crippen molar-refractivity contribution in [3.63, 3.8) is 0 Å². The summed E-state index contributed by atoms with van der Waals surface area (Å²) in [4.78, 5) is 6.80. The lowest BCUT2D eigenvalue weighted by Gasteiger charge is -2.07. The van der Waals surface area contributed by atoms with Crippen LogP contribution in [0.5, 0.6) is 11.5 Å². The minimum absolute atomic E-state index is 0.769.